The number of rotatable bonds is 6. The SMILES string of the molecule is Cn1cc(C[C@H]2CCN(c3cncc(OCc4ccccc4)n3)C2)cn1. The van der Waals surface area contributed by atoms with E-state index in [4.69, 9.17) is 4.74 Å². The fourth-order valence-corrected chi connectivity index (χ4v) is 3.41. The van der Waals surface area contributed by atoms with Crippen molar-refractivity contribution >= 4 is 5.82 Å². The number of hydrogen-bond acceptors (Lipinski definition) is 5. The van der Waals surface area contributed by atoms with E-state index in [1.165, 1.54) is 5.56 Å². The van der Waals surface area contributed by atoms with Crippen molar-refractivity contribution in [3.63, 3.8) is 0 Å². The Kier molecular flexibility index (Phi) is 4.82. The average Bonchev–Trinajstić information content (AvgIpc) is 3.30. The fourth-order valence-electron chi connectivity index (χ4n) is 3.41. The zero-order valence-electron chi connectivity index (χ0n) is 15.0. The zero-order chi connectivity index (χ0) is 17.8. The van der Waals surface area contributed by atoms with Crippen LogP contribution in [0.4, 0.5) is 5.82 Å². The van der Waals surface area contributed by atoms with Gasteiger partial charge in [0.1, 0.15) is 6.61 Å². The molecule has 0 amide bonds. The summed E-state index contributed by atoms with van der Waals surface area (Å²) in [4.78, 5) is 11.2. The second kappa shape index (κ2) is 7.56. The van der Waals surface area contributed by atoms with Crippen LogP contribution in [-0.2, 0) is 20.1 Å². The largest absolute Gasteiger partial charge is 0.472 e. The minimum absolute atomic E-state index is 0.503. The van der Waals surface area contributed by atoms with Crippen LogP contribution in [0.25, 0.3) is 0 Å². The summed E-state index contributed by atoms with van der Waals surface area (Å²) in [6.07, 6.45) is 9.77. The predicted octanol–water partition coefficient (Wildman–Crippen LogP) is 2.86. The van der Waals surface area contributed by atoms with Crippen molar-refractivity contribution in [2.45, 2.75) is 19.4 Å². The van der Waals surface area contributed by atoms with Gasteiger partial charge in [0.25, 0.3) is 0 Å². The first-order chi connectivity index (χ1) is 12.8. The highest BCUT2D eigenvalue weighted by molar-refractivity contribution is 5.39. The van der Waals surface area contributed by atoms with Gasteiger partial charge in [-0.1, -0.05) is 30.3 Å². The van der Waals surface area contributed by atoms with Crippen molar-refractivity contribution in [2.24, 2.45) is 13.0 Å². The maximum atomic E-state index is 5.81. The van der Waals surface area contributed by atoms with Gasteiger partial charge in [-0.25, -0.2) is 0 Å². The summed E-state index contributed by atoms with van der Waals surface area (Å²) in [6.45, 7) is 2.50. The van der Waals surface area contributed by atoms with Crippen LogP contribution in [0.3, 0.4) is 0 Å². The summed E-state index contributed by atoms with van der Waals surface area (Å²) in [7, 11) is 1.96. The summed E-state index contributed by atoms with van der Waals surface area (Å²) in [5, 5.41) is 4.26. The second-order valence-corrected chi connectivity index (χ2v) is 6.82. The highest BCUT2D eigenvalue weighted by atomic mass is 16.5. The van der Waals surface area contributed by atoms with E-state index in [2.05, 4.69) is 26.2 Å². The van der Waals surface area contributed by atoms with Gasteiger partial charge in [-0.2, -0.15) is 10.1 Å². The highest BCUT2D eigenvalue weighted by Gasteiger charge is 2.24. The summed E-state index contributed by atoms with van der Waals surface area (Å²) in [5.41, 5.74) is 2.42. The molecule has 0 radical (unpaired) electrons. The van der Waals surface area contributed by atoms with Crippen molar-refractivity contribution in [2.75, 3.05) is 18.0 Å². The summed E-state index contributed by atoms with van der Waals surface area (Å²) < 4.78 is 7.67. The molecule has 26 heavy (non-hydrogen) atoms. The van der Waals surface area contributed by atoms with Crippen LogP contribution in [0, 0.1) is 5.92 Å². The van der Waals surface area contributed by atoms with E-state index >= 15 is 0 Å². The summed E-state index contributed by atoms with van der Waals surface area (Å²) >= 11 is 0. The standard InChI is InChI=1S/C20H23N5O/c1-24-13-18(10-22-24)9-17-7-8-25(14-17)19-11-21-12-20(23-19)26-15-16-5-3-2-4-6-16/h2-6,10-13,17H,7-9,14-15H2,1H3/t17-/m1/s1. The third kappa shape index (κ3) is 4.02. The van der Waals surface area contributed by atoms with Crippen molar-refractivity contribution in [3.8, 4) is 5.88 Å². The van der Waals surface area contributed by atoms with E-state index in [0.29, 0.717) is 18.4 Å². The molecule has 4 rings (SSSR count). The molecular formula is C20H23N5O. The molecule has 2 aromatic heterocycles. The van der Waals surface area contributed by atoms with Crippen molar-refractivity contribution in [1.29, 1.82) is 0 Å². The van der Waals surface area contributed by atoms with E-state index in [1.54, 1.807) is 6.20 Å². The first-order valence-electron chi connectivity index (χ1n) is 8.97. The van der Waals surface area contributed by atoms with Crippen molar-refractivity contribution in [3.05, 3.63) is 66.2 Å². The van der Waals surface area contributed by atoms with E-state index in [1.807, 2.05) is 54.5 Å². The smallest absolute Gasteiger partial charge is 0.234 e. The Morgan fingerprint density at radius 2 is 2.00 bits per heavy atom. The molecule has 1 saturated heterocycles. The van der Waals surface area contributed by atoms with E-state index < -0.39 is 0 Å². The Balaban J connectivity index is 1.36. The minimum Gasteiger partial charge on any atom is -0.472 e. The third-order valence-electron chi connectivity index (χ3n) is 4.72. The molecule has 1 atom stereocenters. The first kappa shape index (κ1) is 16.6. The molecule has 1 aromatic carbocycles. The third-order valence-corrected chi connectivity index (χ3v) is 4.72. The van der Waals surface area contributed by atoms with Crippen molar-refractivity contribution < 1.29 is 4.74 Å². The van der Waals surface area contributed by atoms with Crippen molar-refractivity contribution in [1.82, 2.24) is 19.7 Å². The molecule has 0 saturated carbocycles. The molecule has 6 nitrogen and oxygen atoms in total. The lowest BCUT2D eigenvalue weighted by atomic mass is 10.0. The van der Waals surface area contributed by atoms with Gasteiger partial charge in [0.05, 0.1) is 18.6 Å². The monoisotopic (exact) mass is 349 g/mol. The van der Waals surface area contributed by atoms with Gasteiger partial charge in [0, 0.05) is 26.3 Å². The number of nitrogens with zero attached hydrogens (tertiary/aromatic N) is 5. The molecule has 3 heterocycles. The lowest BCUT2D eigenvalue weighted by Gasteiger charge is -2.17. The lowest BCUT2D eigenvalue weighted by Crippen LogP contribution is -2.21. The Morgan fingerprint density at radius 1 is 1.12 bits per heavy atom. The molecule has 3 aromatic rings. The normalized spacial score (nSPS) is 16.8. The highest BCUT2D eigenvalue weighted by Crippen LogP contribution is 2.25. The molecule has 1 fully saturated rings. The van der Waals surface area contributed by atoms with E-state index in [9.17, 15) is 0 Å². The lowest BCUT2D eigenvalue weighted by molar-refractivity contribution is 0.292. The summed E-state index contributed by atoms with van der Waals surface area (Å²) in [5.74, 6) is 2.08. The van der Waals surface area contributed by atoms with Crippen LogP contribution in [0.1, 0.15) is 17.5 Å². The number of aryl methyl sites for hydroxylation is 1. The van der Waals surface area contributed by atoms with Gasteiger partial charge in [0.15, 0.2) is 5.82 Å². The second-order valence-electron chi connectivity index (χ2n) is 6.82. The zero-order valence-corrected chi connectivity index (χ0v) is 15.0. The molecule has 0 aliphatic carbocycles. The summed E-state index contributed by atoms with van der Waals surface area (Å²) in [6, 6.07) is 10.1. The van der Waals surface area contributed by atoms with Crippen LogP contribution < -0.4 is 9.64 Å². The molecule has 0 bridgehead atoms. The van der Waals surface area contributed by atoms with Gasteiger partial charge in [-0.3, -0.25) is 9.67 Å². The van der Waals surface area contributed by atoms with Crippen LogP contribution in [0.5, 0.6) is 5.88 Å². The molecule has 1 aliphatic heterocycles. The Morgan fingerprint density at radius 3 is 2.81 bits per heavy atom. The maximum absolute atomic E-state index is 5.81. The number of benzene rings is 1. The molecule has 0 unspecified atom stereocenters. The average molecular weight is 349 g/mol. The minimum atomic E-state index is 0.503. The molecule has 0 spiro atoms. The number of ether oxygens (including phenoxy) is 1. The maximum Gasteiger partial charge on any atom is 0.234 e. The molecule has 0 N–H and O–H groups in total. The first-order valence-corrected chi connectivity index (χ1v) is 8.97. The number of aromatic nitrogens is 4. The predicted molar refractivity (Wildman–Crippen MR) is 100 cm³/mol. The van der Waals surface area contributed by atoms with Crippen LogP contribution in [-0.4, -0.2) is 32.8 Å². The molecule has 134 valence electrons. The van der Waals surface area contributed by atoms with Crippen LogP contribution in [0.15, 0.2) is 55.1 Å². The van der Waals surface area contributed by atoms with Crippen LogP contribution in [0.2, 0.25) is 0 Å². The van der Waals surface area contributed by atoms with E-state index in [-0.39, 0.29) is 0 Å². The van der Waals surface area contributed by atoms with Gasteiger partial charge in [0.2, 0.25) is 5.88 Å². The van der Waals surface area contributed by atoms with Crippen LogP contribution >= 0.6 is 0 Å². The topological polar surface area (TPSA) is 56.1 Å². The Bertz CT molecular complexity index is 848. The van der Waals surface area contributed by atoms with Gasteiger partial charge in [-0.15, -0.1) is 0 Å². The van der Waals surface area contributed by atoms with Gasteiger partial charge in [-0.05, 0) is 29.9 Å². The quantitative estimate of drug-likeness (QED) is 0.685. The molecular weight excluding hydrogens is 326 g/mol. The molecule has 1 aliphatic rings. The number of hydrogen-bond donors (Lipinski definition) is 0. The van der Waals surface area contributed by atoms with Gasteiger partial charge >= 0.3 is 0 Å². The van der Waals surface area contributed by atoms with E-state index in [0.717, 1.165) is 37.3 Å². The number of anilines is 1. The Labute approximate surface area is 153 Å². The van der Waals surface area contributed by atoms with Gasteiger partial charge < -0.3 is 9.64 Å². The fraction of sp³-hybridized carbons (Fsp3) is 0.350. The Hall–Kier alpha value is -2.89. The molecule has 6 heteroatoms.